The first-order chi connectivity index (χ1) is 17.4. The smallest absolute Gasteiger partial charge is 0.268 e. The number of aromatic nitrogens is 2. The van der Waals surface area contributed by atoms with Crippen LogP contribution >= 0.6 is 11.3 Å². The number of benzene rings is 2. The van der Waals surface area contributed by atoms with Crippen LogP contribution in [0.5, 0.6) is 17.2 Å². The molecule has 11 heteroatoms. The van der Waals surface area contributed by atoms with E-state index in [-0.39, 0.29) is 24.7 Å². The number of aryl methyl sites for hydroxylation is 1. The maximum absolute atomic E-state index is 12.4. The van der Waals surface area contributed by atoms with Gasteiger partial charge in [0.25, 0.3) is 5.91 Å². The molecule has 1 heterocycles. The number of carbonyl (C=O) groups excluding carboxylic acids is 2. The van der Waals surface area contributed by atoms with E-state index in [0.717, 1.165) is 0 Å². The van der Waals surface area contributed by atoms with Crippen LogP contribution in [0.15, 0.2) is 48.0 Å². The Morgan fingerprint density at radius 2 is 1.78 bits per heavy atom. The molecule has 36 heavy (non-hydrogen) atoms. The number of carbonyl (C=O) groups is 2. The maximum Gasteiger partial charge on any atom is 0.268 e. The van der Waals surface area contributed by atoms with Gasteiger partial charge >= 0.3 is 0 Å². The minimum atomic E-state index is -0.575. The summed E-state index contributed by atoms with van der Waals surface area (Å²) in [5.74, 6) is 0.909. The monoisotopic (exact) mass is 507 g/mol. The van der Waals surface area contributed by atoms with Crippen LogP contribution in [0.1, 0.15) is 24.4 Å². The summed E-state index contributed by atoms with van der Waals surface area (Å²) in [6.07, 6.45) is 1.46. The molecule has 0 saturated carbocycles. The lowest BCUT2D eigenvalue weighted by molar-refractivity contribution is -0.114. The largest absolute Gasteiger partial charge is 0.490 e. The second-order valence-corrected chi connectivity index (χ2v) is 8.47. The lowest BCUT2D eigenvalue weighted by Gasteiger charge is -2.13. The fourth-order valence-corrected chi connectivity index (χ4v) is 3.56. The highest BCUT2D eigenvalue weighted by Crippen LogP contribution is 2.29. The molecule has 1 aromatic heterocycles. The fourth-order valence-electron chi connectivity index (χ4n) is 2.98. The molecule has 0 unspecified atom stereocenters. The summed E-state index contributed by atoms with van der Waals surface area (Å²) in [5, 5.41) is 23.4. The number of hydrogen-bond donors (Lipinski definition) is 2. The van der Waals surface area contributed by atoms with Crippen LogP contribution in [0, 0.1) is 18.3 Å². The van der Waals surface area contributed by atoms with Crippen molar-refractivity contribution < 1.29 is 23.8 Å². The average Bonchev–Trinajstić information content (AvgIpc) is 3.26. The molecule has 0 aliphatic rings. The summed E-state index contributed by atoms with van der Waals surface area (Å²) in [6.45, 7) is 6.02. The molecule has 0 aliphatic carbocycles. The van der Waals surface area contributed by atoms with Crippen molar-refractivity contribution in [1.82, 2.24) is 10.2 Å². The number of nitriles is 1. The second-order valence-electron chi connectivity index (χ2n) is 7.29. The van der Waals surface area contributed by atoms with E-state index < -0.39 is 5.91 Å². The lowest BCUT2D eigenvalue weighted by atomic mass is 10.1. The van der Waals surface area contributed by atoms with Gasteiger partial charge in [-0.1, -0.05) is 17.4 Å². The predicted molar refractivity (Wildman–Crippen MR) is 136 cm³/mol. The van der Waals surface area contributed by atoms with Crippen molar-refractivity contribution in [1.29, 1.82) is 5.26 Å². The lowest BCUT2D eigenvalue weighted by Crippen LogP contribution is -2.13. The van der Waals surface area contributed by atoms with Gasteiger partial charge in [0.05, 0.1) is 6.61 Å². The quantitative estimate of drug-likeness (QED) is 0.224. The summed E-state index contributed by atoms with van der Waals surface area (Å²) in [4.78, 5) is 23.5. The van der Waals surface area contributed by atoms with E-state index in [0.29, 0.717) is 45.2 Å². The number of ether oxygens (including phenoxy) is 3. The Morgan fingerprint density at radius 3 is 2.42 bits per heavy atom. The van der Waals surface area contributed by atoms with Gasteiger partial charge in [-0.25, -0.2) is 0 Å². The van der Waals surface area contributed by atoms with Crippen LogP contribution in [0.4, 0.5) is 10.8 Å². The van der Waals surface area contributed by atoms with Crippen molar-refractivity contribution in [3.8, 4) is 23.3 Å². The maximum atomic E-state index is 12.4. The molecule has 2 aromatic carbocycles. The normalized spacial score (nSPS) is 10.8. The molecule has 0 spiro atoms. The topological polar surface area (TPSA) is 135 Å². The van der Waals surface area contributed by atoms with Gasteiger partial charge in [-0.2, -0.15) is 5.26 Å². The van der Waals surface area contributed by atoms with E-state index in [4.69, 9.17) is 14.2 Å². The molecule has 0 saturated heterocycles. The molecular weight excluding hydrogens is 482 g/mol. The third kappa shape index (κ3) is 7.82. The van der Waals surface area contributed by atoms with E-state index in [9.17, 15) is 14.9 Å². The summed E-state index contributed by atoms with van der Waals surface area (Å²) < 4.78 is 17.2. The van der Waals surface area contributed by atoms with Gasteiger partial charge in [0.1, 0.15) is 35.6 Å². The predicted octanol–water partition coefficient (Wildman–Crippen LogP) is 4.21. The number of nitrogens with one attached hydrogen (secondary N) is 2. The van der Waals surface area contributed by atoms with Gasteiger partial charge in [0, 0.05) is 12.6 Å². The SMILES string of the molecule is CCOc1cc(C=C(C#N)C(=O)Nc2nnc(C)s2)ccc1OCCOc1ccc(NC(C)=O)cc1. The van der Waals surface area contributed by atoms with Crippen molar-refractivity contribution in [2.75, 3.05) is 30.5 Å². The van der Waals surface area contributed by atoms with Crippen molar-refractivity contribution in [3.05, 3.63) is 58.6 Å². The first-order valence-electron chi connectivity index (χ1n) is 11.0. The van der Waals surface area contributed by atoms with Crippen molar-refractivity contribution in [2.24, 2.45) is 0 Å². The first-order valence-corrected chi connectivity index (χ1v) is 11.8. The number of amides is 2. The van der Waals surface area contributed by atoms with Crippen LogP contribution < -0.4 is 24.8 Å². The summed E-state index contributed by atoms with van der Waals surface area (Å²) in [6, 6.07) is 14.1. The Balaban J connectivity index is 1.60. The summed E-state index contributed by atoms with van der Waals surface area (Å²) in [7, 11) is 0. The van der Waals surface area contributed by atoms with Gasteiger partial charge in [-0.3, -0.25) is 14.9 Å². The van der Waals surface area contributed by atoms with Crippen molar-refractivity contribution in [2.45, 2.75) is 20.8 Å². The number of rotatable bonds is 11. The van der Waals surface area contributed by atoms with E-state index in [1.807, 2.05) is 13.0 Å². The first kappa shape index (κ1) is 26.2. The molecule has 0 aliphatic heterocycles. The third-order valence-corrected chi connectivity index (χ3v) is 5.23. The third-order valence-electron chi connectivity index (χ3n) is 4.47. The average molecular weight is 508 g/mol. The minimum absolute atomic E-state index is 0.0862. The zero-order valence-corrected chi connectivity index (χ0v) is 20.8. The van der Waals surface area contributed by atoms with E-state index in [2.05, 4.69) is 20.8 Å². The second kappa shape index (κ2) is 12.9. The molecule has 0 atom stereocenters. The zero-order valence-electron chi connectivity index (χ0n) is 20.0. The zero-order chi connectivity index (χ0) is 25.9. The highest BCUT2D eigenvalue weighted by atomic mass is 32.1. The van der Waals surface area contributed by atoms with Crippen LogP contribution in [0.2, 0.25) is 0 Å². The van der Waals surface area contributed by atoms with Crippen LogP contribution in [0.25, 0.3) is 6.08 Å². The molecule has 0 fully saturated rings. The molecule has 2 N–H and O–H groups in total. The Morgan fingerprint density at radius 1 is 1.03 bits per heavy atom. The van der Waals surface area contributed by atoms with Crippen molar-refractivity contribution >= 4 is 40.0 Å². The summed E-state index contributed by atoms with van der Waals surface area (Å²) in [5.41, 5.74) is 1.20. The van der Waals surface area contributed by atoms with Gasteiger partial charge in [0.2, 0.25) is 11.0 Å². The number of nitrogens with zero attached hydrogens (tertiary/aromatic N) is 3. The molecule has 10 nitrogen and oxygen atoms in total. The van der Waals surface area contributed by atoms with Gasteiger partial charge in [0.15, 0.2) is 11.5 Å². The molecular formula is C25H25N5O5S. The summed E-state index contributed by atoms with van der Waals surface area (Å²) >= 11 is 1.22. The van der Waals surface area contributed by atoms with Gasteiger partial charge in [-0.05, 0) is 61.9 Å². The molecule has 0 radical (unpaired) electrons. The molecule has 0 bridgehead atoms. The highest BCUT2D eigenvalue weighted by Gasteiger charge is 2.13. The van der Waals surface area contributed by atoms with Crippen molar-refractivity contribution in [3.63, 3.8) is 0 Å². The van der Waals surface area contributed by atoms with E-state index >= 15 is 0 Å². The number of anilines is 2. The molecule has 186 valence electrons. The number of hydrogen-bond acceptors (Lipinski definition) is 9. The standard InChI is InChI=1S/C25H25N5O5S/c1-4-33-23-14-18(13-19(15-26)24(32)28-25-30-29-17(3)36-25)5-10-22(23)35-12-11-34-21-8-6-20(7-9-21)27-16(2)31/h5-10,13-14H,4,11-12H2,1-3H3,(H,27,31)(H,28,30,32). The minimum Gasteiger partial charge on any atom is -0.490 e. The van der Waals surface area contributed by atoms with E-state index in [1.54, 1.807) is 49.4 Å². The molecule has 3 rings (SSSR count). The Bertz CT molecular complexity index is 1280. The van der Waals surface area contributed by atoms with Gasteiger partial charge in [-0.15, -0.1) is 10.2 Å². The Kier molecular flexibility index (Phi) is 9.36. The Hall–Kier alpha value is -4.43. The van der Waals surface area contributed by atoms with Gasteiger partial charge < -0.3 is 19.5 Å². The molecule has 2 amide bonds. The fraction of sp³-hybridized carbons (Fsp3) is 0.240. The van der Waals surface area contributed by atoms with Crippen LogP contribution in [-0.4, -0.2) is 41.8 Å². The Labute approximate surface area is 212 Å². The molecule has 3 aromatic rings. The van der Waals surface area contributed by atoms with Crippen LogP contribution in [0.3, 0.4) is 0 Å². The van der Waals surface area contributed by atoms with E-state index in [1.165, 1.54) is 24.3 Å². The highest BCUT2D eigenvalue weighted by molar-refractivity contribution is 7.15. The van der Waals surface area contributed by atoms with Crippen LogP contribution in [-0.2, 0) is 9.59 Å².